The van der Waals surface area contributed by atoms with Gasteiger partial charge in [0.25, 0.3) is 5.91 Å². The number of carbonyl (C=O) groups is 3. The van der Waals surface area contributed by atoms with Crippen molar-refractivity contribution in [2.45, 2.75) is 37.4 Å². The molecule has 6 rings (SSSR count). The standard InChI is InChI=1S/C32H32N6O4S/c1-3-24(39)38-14-6-7-18(16-38)37-31(41)29-26-25-21(11-12-22(33)28(25)43-29)32(35,30(40)27(26)34)20-10-9-19(15-17(20)2)42-23-8-4-5-13-36-23/h3-5,8-13,15,18,27H,1,6-7,14,16,33-35H2,2H3,(H,37,41). The van der Waals surface area contributed by atoms with Gasteiger partial charge in [0.1, 0.15) is 11.3 Å². The molecule has 0 radical (unpaired) electrons. The zero-order valence-electron chi connectivity index (χ0n) is 23.6. The van der Waals surface area contributed by atoms with Crippen molar-refractivity contribution < 1.29 is 19.1 Å². The fourth-order valence-corrected chi connectivity index (χ4v) is 7.38. The summed E-state index contributed by atoms with van der Waals surface area (Å²) < 4.78 is 6.53. The van der Waals surface area contributed by atoms with Gasteiger partial charge in [-0.25, -0.2) is 4.98 Å². The van der Waals surface area contributed by atoms with Crippen molar-refractivity contribution in [2.24, 2.45) is 11.5 Å². The Morgan fingerprint density at radius 1 is 1.21 bits per heavy atom. The molecule has 2 aromatic carbocycles. The molecule has 2 aliphatic rings. The molecule has 3 atom stereocenters. The molecule has 3 unspecified atom stereocenters. The number of rotatable bonds is 6. The van der Waals surface area contributed by atoms with E-state index >= 15 is 0 Å². The zero-order chi connectivity index (χ0) is 30.5. The number of amides is 2. The Kier molecular flexibility index (Phi) is 7.25. The van der Waals surface area contributed by atoms with Gasteiger partial charge in [-0.1, -0.05) is 24.8 Å². The third-order valence-corrected chi connectivity index (χ3v) is 9.50. The Hall–Kier alpha value is -4.58. The lowest BCUT2D eigenvalue weighted by molar-refractivity contribution is -0.127. The van der Waals surface area contributed by atoms with Crippen LogP contribution in [0.4, 0.5) is 5.69 Å². The summed E-state index contributed by atoms with van der Waals surface area (Å²) in [5.74, 6) is 0.0200. The highest BCUT2D eigenvalue weighted by atomic mass is 32.1. The van der Waals surface area contributed by atoms with E-state index in [4.69, 9.17) is 21.9 Å². The summed E-state index contributed by atoms with van der Waals surface area (Å²) in [6.45, 7) is 6.40. The maximum Gasteiger partial charge on any atom is 0.262 e. The molecule has 7 N–H and O–H groups in total. The van der Waals surface area contributed by atoms with Crippen LogP contribution in [0.2, 0.25) is 0 Å². The van der Waals surface area contributed by atoms with E-state index in [9.17, 15) is 14.4 Å². The van der Waals surface area contributed by atoms with Gasteiger partial charge in [0.15, 0.2) is 5.78 Å². The minimum absolute atomic E-state index is 0.174. The number of nitrogens with zero attached hydrogens (tertiary/aromatic N) is 2. The molecule has 2 aromatic heterocycles. The van der Waals surface area contributed by atoms with Gasteiger partial charge in [-0.3, -0.25) is 14.4 Å². The van der Waals surface area contributed by atoms with Gasteiger partial charge in [0.2, 0.25) is 11.8 Å². The Balaban J connectivity index is 1.39. The van der Waals surface area contributed by atoms with Crippen LogP contribution in [-0.4, -0.2) is 46.6 Å². The van der Waals surface area contributed by atoms with Gasteiger partial charge < -0.3 is 32.2 Å². The smallest absolute Gasteiger partial charge is 0.262 e. The SMILES string of the molecule is C=CC(=O)N1CCCC(NC(=O)c2sc3c(N)ccc4c3c2C(N)C(=O)C4(N)c2ccc(Oc3ccccn3)cc2C)C1. The Morgan fingerprint density at radius 3 is 2.72 bits per heavy atom. The summed E-state index contributed by atoms with van der Waals surface area (Å²) in [4.78, 5) is 46.2. The van der Waals surface area contributed by atoms with Gasteiger partial charge in [0.05, 0.1) is 15.6 Å². The lowest BCUT2D eigenvalue weighted by atomic mass is 9.69. The number of hydrogen-bond acceptors (Lipinski definition) is 9. The third-order valence-electron chi connectivity index (χ3n) is 8.25. The first kappa shape index (κ1) is 28.5. The Labute approximate surface area is 252 Å². The van der Waals surface area contributed by atoms with Crippen molar-refractivity contribution in [1.29, 1.82) is 0 Å². The highest BCUT2D eigenvalue weighted by Gasteiger charge is 2.49. The number of hydrogen-bond donors (Lipinski definition) is 4. The van der Waals surface area contributed by atoms with Crippen molar-refractivity contribution in [3.63, 3.8) is 0 Å². The Morgan fingerprint density at radius 2 is 2.00 bits per heavy atom. The number of nitrogens with one attached hydrogen (secondary N) is 1. The number of Topliss-reactive ketones (excluding diaryl/α,β-unsaturated/α-hetero) is 1. The van der Waals surface area contributed by atoms with E-state index in [0.717, 1.165) is 18.4 Å². The van der Waals surface area contributed by atoms with Crippen LogP contribution in [0.1, 0.15) is 50.8 Å². The normalized spacial score (nSPS) is 21.5. The molecule has 4 aromatic rings. The molecule has 0 spiro atoms. The maximum absolute atomic E-state index is 14.2. The molecule has 0 saturated carbocycles. The van der Waals surface area contributed by atoms with E-state index in [1.165, 1.54) is 17.4 Å². The summed E-state index contributed by atoms with van der Waals surface area (Å²) in [6.07, 6.45) is 4.38. The summed E-state index contributed by atoms with van der Waals surface area (Å²) in [7, 11) is 0. The second kappa shape index (κ2) is 10.9. The maximum atomic E-state index is 14.2. The molecule has 1 aliphatic carbocycles. The summed E-state index contributed by atoms with van der Waals surface area (Å²) in [6, 6.07) is 12.7. The number of thiophene rings is 1. The highest BCUT2D eigenvalue weighted by Crippen LogP contribution is 2.50. The summed E-state index contributed by atoms with van der Waals surface area (Å²) in [5.41, 5.74) is 21.3. The van der Waals surface area contributed by atoms with Gasteiger partial charge in [-0.15, -0.1) is 11.3 Å². The van der Waals surface area contributed by atoms with Crippen molar-refractivity contribution in [2.75, 3.05) is 18.8 Å². The first-order valence-corrected chi connectivity index (χ1v) is 14.8. The number of pyridine rings is 1. The van der Waals surface area contributed by atoms with E-state index in [-0.39, 0.29) is 17.9 Å². The van der Waals surface area contributed by atoms with Crippen molar-refractivity contribution >= 4 is 44.7 Å². The number of nitrogen functional groups attached to an aromatic ring is 1. The van der Waals surface area contributed by atoms with Crippen molar-refractivity contribution in [1.82, 2.24) is 15.2 Å². The number of ether oxygens (including phenoxy) is 1. The van der Waals surface area contributed by atoms with E-state index < -0.39 is 17.4 Å². The number of piperidine rings is 1. The molecule has 0 bridgehead atoms. The van der Waals surface area contributed by atoms with Crippen LogP contribution >= 0.6 is 11.3 Å². The fourth-order valence-electron chi connectivity index (χ4n) is 6.17. The number of nitrogens with two attached hydrogens (primary N) is 3. The number of aromatic nitrogens is 1. The van der Waals surface area contributed by atoms with Crippen molar-refractivity contribution in [3.8, 4) is 11.6 Å². The van der Waals surface area contributed by atoms with E-state index in [1.54, 1.807) is 53.6 Å². The lowest BCUT2D eigenvalue weighted by Crippen LogP contribution is -2.53. The van der Waals surface area contributed by atoms with Crippen LogP contribution in [0.15, 0.2) is 67.4 Å². The fraction of sp³-hybridized carbons (Fsp3) is 0.250. The molecule has 1 aliphatic heterocycles. The second-order valence-electron chi connectivity index (χ2n) is 10.9. The lowest BCUT2D eigenvalue weighted by Gasteiger charge is -2.37. The molecular weight excluding hydrogens is 564 g/mol. The quantitative estimate of drug-likeness (QED) is 0.193. The molecule has 3 heterocycles. The molecule has 1 saturated heterocycles. The molecule has 10 nitrogen and oxygen atoms in total. The number of likely N-dealkylation sites (tertiary alicyclic amines) is 1. The molecular formula is C32H32N6O4S. The zero-order valence-corrected chi connectivity index (χ0v) is 24.4. The number of benzene rings is 2. The average molecular weight is 597 g/mol. The summed E-state index contributed by atoms with van der Waals surface area (Å²) in [5, 5.41) is 3.68. The highest BCUT2D eigenvalue weighted by molar-refractivity contribution is 7.21. The molecule has 2 amide bonds. The summed E-state index contributed by atoms with van der Waals surface area (Å²) >= 11 is 1.20. The molecule has 11 heteroatoms. The van der Waals surface area contributed by atoms with Crippen molar-refractivity contribution in [3.05, 3.63) is 94.5 Å². The van der Waals surface area contributed by atoms with Gasteiger partial charge in [0, 0.05) is 48.0 Å². The molecule has 220 valence electrons. The Bertz CT molecular complexity index is 1790. The van der Waals surface area contributed by atoms with Gasteiger partial charge >= 0.3 is 0 Å². The van der Waals surface area contributed by atoms with Crippen LogP contribution < -0.4 is 27.3 Å². The van der Waals surface area contributed by atoms with Gasteiger partial charge in [-0.2, -0.15) is 0 Å². The predicted molar refractivity (Wildman–Crippen MR) is 166 cm³/mol. The number of anilines is 1. The topological polar surface area (TPSA) is 167 Å². The predicted octanol–water partition coefficient (Wildman–Crippen LogP) is 3.67. The average Bonchev–Trinajstić information content (AvgIpc) is 3.42. The third kappa shape index (κ3) is 4.75. The van der Waals surface area contributed by atoms with E-state index in [2.05, 4.69) is 16.9 Å². The minimum atomic E-state index is -1.59. The van der Waals surface area contributed by atoms with E-state index in [1.807, 2.05) is 13.0 Å². The van der Waals surface area contributed by atoms with Crippen LogP contribution in [0.5, 0.6) is 11.6 Å². The van der Waals surface area contributed by atoms with Crippen LogP contribution in [0.3, 0.4) is 0 Å². The number of ketones is 1. The second-order valence-corrected chi connectivity index (χ2v) is 12.0. The van der Waals surface area contributed by atoms with Gasteiger partial charge in [-0.05, 0) is 66.8 Å². The number of carbonyl (C=O) groups excluding carboxylic acids is 3. The number of aryl methyl sites for hydroxylation is 1. The van der Waals surface area contributed by atoms with E-state index in [0.29, 0.717) is 62.1 Å². The largest absolute Gasteiger partial charge is 0.439 e. The molecule has 43 heavy (non-hydrogen) atoms. The van der Waals surface area contributed by atoms with Crippen LogP contribution in [-0.2, 0) is 15.1 Å². The monoisotopic (exact) mass is 596 g/mol. The first-order chi connectivity index (χ1) is 20.6. The molecule has 1 fully saturated rings. The van der Waals surface area contributed by atoms with Crippen LogP contribution in [0.25, 0.3) is 10.1 Å². The first-order valence-electron chi connectivity index (χ1n) is 14.0. The van der Waals surface area contributed by atoms with Crippen LogP contribution in [0, 0.1) is 6.92 Å². The minimum Gasteiger partial charge on any atom is -0.439 e.